The quantitative estimate of drug-likeness (QED) is 0.287. The van der Waals surface area contributed by atoms with Crippen LogP contribution in [-0.2, 0) is 0 Å². The van der Waals surface area contributed by atoms with Crippen LogP contribution in [0.2, 0.25) is 0 Å². The standard InChI is InChI=1S/C13H29N5/c1-4-18(5-2)10-11(3)15-13(17-14)16-12-8-6-7-9-12/h11-12H,4-10,14H2,1-3H3,(H2,15,16,17). The molecule has 1 fully saturated rings. The lowest BCUT2D eigenvalue weighted by Gasteiger charge is -2.24. The van der Waals surface area contributed by atoms with E-state index in [-0.39, 0.29) is 0 Å². The van der Waals surface area contributed by atoms with Gasteiger partial charge in [-0.3, -0.25) is 5.43 Å². The molecular weight excluding hydrogens is 226 g/mol. The van der Waals surface area contributed by atoms with Crippen molar-refractivity contribution in [2.24, 2.45) is 10.8 Å². The summed E-state index contributed by atoms with van der Waals surface area (Å²) in [6, 6.07) is 0.797. The Kier molecular flexibility index (Phi) is 7.05. The number of nitrogens with zero attached hydrogens (tertiary/aromatic N) is 2. The molecule has 0 amide bonds. The first kappa shape index (κ1) is 15.2. The molecule has 5 heteroatoms. The van der Waals surface area contributed by atoms with E-state index in [4.69, 9.17) is 5.84 Å². The summed E-state index contributed by atoms with van der Waals surface area (Å²) in [5.41, 5.74) is 2.69. The largest absolute Gasteiger partial charge is 0.352 e. The van der Waals surface area contributed by atoms with Gasteiger partial charge in [0.25, 0.3) is 0 Å². The van der Waals surface area contributed by atoms with Gasteiger partial charge in [-0.05, 0) is 32.9 Å². The molecule has 4 N–H and O–H groups in total. The fourth-order valence-electron chi connectivity index (χ4n) is 2.48. The van der Waals surface area contributed by atoms with E-state index < -0.39 is 0 Å². The Labute approximate surface area is 111 Å². The van der Waals surface area contributed by atoms with Gasteiger partial charge in [-0.15, -0.1) is 0 Å². The number of hydrogen-bond donors (Lipinski definition) is 3. The second-order valence-electron chi connectivity index (χ2n) is 5.09. The topological polar surface area (TPSA) is 65.7 Å². The summed E-state index contributed by atoms with van der Waals surface area (Å²) in [5.74, 6) is 6.28. The number of likely N-dealkylation sites (N-methyl/N-ethyl adjacent to an activating group) is 1. The molecule has 1 rings (SSSR count). The molecule has 0 radical (unpaired) electrons. The van der Waals surface area contributed by atoms with Crippen LogP contribution in [0.4, 0.5) is 0 Å². The Balaban J connectivity index is 2.41. The second-order valence-corrected chi connectivity index (χ2v) is 5.09. The fraction of sp³-hybridized carbons (Fsp3) is 0.923. The minimum absolute atomic E-state index is 0.348. The van der Waals surface area contributed by atoms with Gasteiger partial charge in [-0.25, -0.2) is 10.8 Å². The van der Waals surface area contributed by atoms with Crippen molar-refractivity contribution in [3.05, 3.63) is 0 Å². The third kappa shape index (κ3) is 5.23. The Bertz CT molecular complexity index is 244. The summed E-state index contributed by atoms with van der Waals surface area (Å²) < 4.78 is 0. The highest BCUT2D eigenvalue weighted by molar-refractivity contribution is 5.79. The smallest absolute Gasteiger partial charge is 0.206 e. The first-order valence-corrected chi connectivity index (χ1v) is 7.22. The maximum absolute atomic E-state index is 5.54. The Morgan fingerprint density at radius 1 is 1.33 bits per heavy atom. The molecule has 0 aromatic rings. The van der Waals surface area contributed by atoms with Crippen LogP contribution in [0, 0.1) is 0 Å². The summed E-state index contributed by atoms with van der Waals surface area (Å²) in [5, 5.41) is 3.36. The monoisotopic (exact) mass is 255 g/mol. The SMILES string of the molecule is CCN(CC)CC(C)NC(=NC1CCCC1)NN. The Morgan fingerprint density at radius 2 is 1.94 bits per heavy atom. The van der Waals surface area contributed by atoms with Crippen LogP contribution in [-0.4, -0.2) is 42.6 Å². The van der Waals surface area contributed by atoms with Gasteiger partial charge >= 0.3 is 0 Å². The third-order valence-electron chi connectivity index (χ3n) is 3.58. The minimum atomic E-state index is 0.348. The first-order valence-electron chi connectivity index (χ1n) is 7.22. The van der Waals surface area contributed by atoms with E-state index >= 15 is 0 Å². The van der Waals surface area contributed by atoms with E-state index in [1.165, 1.54) is 25.7 Å². The maximum atomic E-state index is 5.54. The number of hydrazine groups is 1. The molecule has 5 nitrogen and oxygen atoms in total. The van der Waals surface area contributed by atoms with Crippen molar-refractivity contribution in [3.63, 3.8) is 0 Å². The van der Waals surface area contributed by atoms with Gasteiger partial charge in [0.1, 0.15) is 0 Å². The van der Waals surface area contributed by atoms with Crippen molar-refractivity contribution in [1.82, 2.24) is 15.6 Å². The van der Waals surface area contributed by atoms with Crippen molar-refractivity contribution in [2.45, 2.75) is 58.5 Å². The lowest BCUT2D eigenvalue weighted by Crippen LogP contribution is -2.49. The number of nitrogens with one attached hydrogen (secondary N) is 2. The molecule has 0 saturated heterocycles. The highest BCUT2D eigenvalue weighted by Gasteiger charge is 2.15. The second kappa shape index (κ2) is 8.32. The van der Waals surface area contributed by atoms with Crippen molar-refractivity contribution in [1.29, 1.82) is 0 Å². The molecule has 18 heavy (non-hydrogen) atoms. The summed E-state index contributed by atoms with van der Waals surface area (Å²) in [4.78, 5) is 7.03. The lowest BCUT2D eigenvalue weighted by atomic mass is 10.3. The normalized spacial score (nSPS) is 19.3. The minimum Gasteiger partial charge on any atom is -0.352 e. The zero-order valence-electron chi connectivity index (χ0n) is 12.1. The average Bonchev–Trinajstić information content (AvgIpc) is 2.87. The van der Waals surface area contributed by atoms with E-state index in [1.54, 1.807) is 0 Å². The molecule has 1 unspecified atom stereocenters. The third-order valence-corrected chi connectivity index (χ3v) is 3.58. The highest BCUT2D eigenvalue weighted by Crippen LogP contribution is 2.20. The van der Waals surface area contributed by atoms with Crippen LogP contribution in [0.1, 0.15) is 46.5 Å². The van der Waals surface area contributed by atoms with E-state index in [9.17, 15) is 0 Å². The molecule has 0 aromatic carbocycles. The average molecular weight is 255 g/mol. The van der Waals surface area contributed by atoms with Crippen LogP contribution >= 0.6 is 0 Å². The van der Waals surface area contributed by atoms with Crippen LogP contribution < -0.4 is 16.6 Å². The van der Waals surface area contributed by atoms with Crippen molar-refractivity contribution >= 4 is 5.96 Å². The summed E-state index contributed by atoms with van der Waals surface area (Å²) in [6.07, 6.45) is 4.97. The number of guanidine groups is 1. The van der Waals surface area contributed by atoms with Crippen LogP contribution in [0.15, 0.2) is 4.99 Å². The molecule has 0 bridgehead atoms. The molecule has 1 aliphatic carbocycles. The van der Waals surface area contributed by atoms with Gasteiger partial charge in [0, 0.05) is 12.6 Å². The van der Waals surface area contributed by atoms with Crippen molar-refractivity contribution in [2.75, 3.05) is 19.6 Å². The predicted molar refractivity (Wildman–Crippen MR) is 77.4 cm³/mol. The van der Waals surface area contributed by atoms with Crippen LogP contribution in [0.25, 0.3) is 0 Å². The van der Waals surface area contributed by atoms with E-state index in [0.717, 1.165) is 25.6 Å². The van der Waals surface area contributed by atoms with Gasteiger partial charge in [-0.1, -0.05) is 26.7 Å². The zero-order valence-corrected chi connectivity index (χ0v) is 12.1. The molecule has 0 aromatic heterocycles. The molecule has 0 aliphatic heterocycles. The van der Waals surface area contributed by atoms with E-state index in [1.807, 2.05) is 0 Å². The van der Waals surface area contributed by atoms with Gasteiger partial charge in [0.15, 0.2) is 0 Å². The summed E-state index contributed by atoms with van der Waals surface area (Å²) >= 11 is 0. The predicted octanol–water partition coefficient (Wildman–Crippen LogP) is 1.07. The molecule has 106 valence electrons. The Hall–Kier alpha value is -0.810. The summed E-state index contributed by atoms with van der Waals surface area (Å²) in [6.45, 7) is 9.70. The number of rotatable bonds is 6. The zero-order chi connectivity index (χ0) is 13.4. The van der Waals surface area contributed by atoms with Gasteiger partial charge in [0.2, 0.25) is 5.96 Å². The molecule has 0 spiro atoms. The van der Waals surface area contributed by atoms with E-state index in [0.29, 0.717) is 12.1 Å². The van der Waals surface area contributed by atoms with E-state index in [2.05, 4.69) is 41.4 Å². The molecule has 1 saturated carbocycles. The molecular formula is C13H29N5. The molecule has 1 aliphatic rings. The van der Waals surface area contributed by atoms with Gasteiger partial charge in [0.05, 0.1) is 6.04 Å². The van der Waals surface area contributed by atoms with Gasteiger partial charge < -0.3 is 10.2 Å². The number of aliphatic imine (C=N–C) groups is 1. The van der Waals surface area contributed by atoms with Crippen LogP contribution in [0.5, 0.6) is 0 Å². The van der Waals surface area contributed by atoms with Gasteiger partial charge in [-0.2, -0.15) is 0 Å². The number of nitrogens with two attached hydrogens (primary N) is 1. The molecule has 0 heterocycles. The number of hydrogen-bond acceptors (Lipinski definition) is 3. The van der Waals surface area contributed by atoms with Crippen molar-refractivity contribution < 1.29 is 0 Å². The lowest BCUT2D eigenvalue weighted by molar-refractivity contribution is 0.281. The maximum Gasteiger partial charge on any atom is 0.206 e. The molecule has 1 atom stereocenters. The van der Waals surface area contributed by atoms with Crippen molar-refractivity contribution in [3.8, 4) is 0 Å². The van der Waals surface area contributed by atoms with Crippen LogP contribution in [0.3, 0.4) is 0 Å². The Morgan fingerprint density at radius 3 is 2.44 bits per heavy atom. The fourth-order valence-corrected chi connectivity index (χ4v) is 2.48. The first-order chi connectivity index (χ1) is 8.69. The summed E-state index contributed by atoms with van der Waals surface area (Å²) in [7, 11) is 0. The highest BCUT2D eigenvalue weighted by atomic mass is 15.3.